The third-order valence-electron chi connectivity index (χ3n) is 3.22. The Bertz CT molecular complexity index is 744. The number of hydrogen-bond donors (Lipinski definition) is 2. The first kappa shape index (κ1) is 21.6. The Morgan fingerprint density at radius 3 is 2.23 bits per heavy atom. The van der Waals surface area contributed by atoms with Gasteiger partial charge in [-0.25, -0.2) is 22.7 Å². The Morgan fingerprint density at radius 2 is 1.69 bits per heavy atom. The van der Waals surface area contributed by atoms with Crippen molar-refractivity contribution in [3.63, 3.8) is 0 Å². The summed E-state index contributed by atoms with van der Waals surface area (Å²) in [4.78, 5) is 34.3. The minimum absolute atomic E-state index is 0.00871. The van der Waals surface area contributed by atoms with Gasteiger partial charge in [-0.1, -0.05) is 6.92 Å². The maximum atomic E-state index is 12.1. The van der Waals surface area contributed by atoms with Gasteiger partial charge >= 0.3 is 12.1 Å². The molecule has 0 aromatic heterocycles. The Morgan fingerprint density at radius 1 is 1.08 bits per heavy atom. The average molecular weight is 386 g/mol. The van der Waals surface area contributed by atoms with Gasteiger partial charge in [-0.3, -0.25) is 10.1 Å². The standard InChI is InChI=1S/C16H22N2O7S/c1-4-11(3)18-26(22,23)13-8-6-12(7-9-13)15(20)25-10-14(19)17-16(21)24-5-2/h6-9,11,18H,4-5,10H2,1-3H3,(H,17,19,21)/t11-/m1/s1. The SMILES string of the molecule is CCOC(=O)NC(=O)COC(=O)c1ccc(S(=O)(=O)N[C@H](C)CC)cc1. The maximum absolute atomic E-state index is 12.1. The second-order valence-corrected chi connectivity index (χ2v) is 7.01. The number of amides is 2. The van der Waals surface area contributed by atoms with E-state index in [1.807, 2.05) is 12.2 Å². The molecular weight excluding hydrogens is 364 g/mol. The average Bonchev–Trinajstić information content (AvgIpc) is 2.59. The van der Waals surface area contributed by atoms with E-state index in [4.69, 9.17) is 4.74 Å². The number of alkyl carbamates (subject to hydrolysis) is 1. The quantitative estimate of drug-likeness (QED) is 0.642. The molecule has 1 aromatic rings. The summed E-state index contributed by atoms with van der Waals surface area (Å²) in [5, 5.41) is 1.88. The lowest BCUT2D eigenvalue weighted by Crippen LogP contribution is -2.34. The minimum atomic E-state index is -3.68. The van der Waals surface area contributed by atoms with Crippen LogP contribution in [-0.4, -0.2) is 45.6 Å². The van der Waals surface area contributed by atoms with Gasteiger partial charge in [0.05, 0.1) is 17.1 Å². The molecule has 0 radical (unpaired) electrons. The van der Waals surface area contributed by atoms with Crippen molar-refractivity contribution in [2.45, 2.75) is 38.1 Å². The van der Waals surface area contributed by atoms with Crippen LogP contribution in [0.25, 0.3) is 0 Å². The Labute approximate surface area is 152 Å². The topological polar surface area (TPSA) is 128 Å². The van der Waals surface area contributed by atoms with Crippen LogP contribution < -0.4 is 10.0 Å². The molecule has 1 atom stereocenters. The summed E-state index contributed by atoms with van der Waals surface area (Å²) in [6, 6.07) is 4.86. The van der Waals surface area contributed by atoms with Crippen LogP contribution in [0.5, 0.6) is 0 Å². The molecule has 0 aliphatic rings. The van der Waals surface area contributed by atoms with E-state index in [2.05, 4.69) is 9.46 Å². The molecule has 2 amide bonds. The normalized spacial score (nSPS) is 12.1. The number of carbonyl (C=O) groups is 3. The lowest BCUT2D eigenvalue weighted by atomic mass is 10.2. The van der Waals surface area contributed by atoms with E-state index in [0.717, 1.165) is 0 Å². The van der Waals surface area contributed by atoms with Crippen LogP contribution in [-0.2, 0) is 24.3 Å². The minimum Gasteiger partial charge on any atom is -0.452 e. The highest BCUT2D eigenvalue weighted by Crippen LogP contribution is 2.12. The summed E-state index contributed by atoms with van der Waals surface area (Å²) >= 11 is 0. The fourth-order valence-electron chi connectivity index (χ4n) is 1.72. The molecule has 0 aliphatic heterocycles. The third kappa shape index (κ3) is 6.81. The summed E-state index contributed by atoms with van der Waals surface area (Å²) in [6.45, 7) is 4.59. The van der Waals surface area contributed by atoms with E-state index >= 15 is 0 Å². The number of esters is 1. The molecule has 0 spiro atoms. The molecule has 0 bridgehead atoms. The molecule has 9 nitrogen and oxygen atoms in total. The smallest absolute Gasteiger partial charge is 0.413 e. The van der Waals surface area contributed by atoms with Crippen LogP contribution in [0.3, 0.4) is 0 Å². The molecule has 10 heteroatoms. The number of imide groups is 1. The predicted octanol–water partition coefficient (Wildman–Crippen LogP) is 1.19. The van der Waals surface area contributed by atoms with Gasteiger partial charge in [0, 0.05) is 6.04 Å². The Hall–Kier alpha value is -2.46. The van der Waals surface area contributed by atoms with Crippen LogP contribution in [0.15, 0.2) is 29.2 Å². The maximum Gasteiger partial charge on any atom is 0.413 e. The molecule has 0 fully saturated rings. The molecule has 1 rings (SSSR count). The number of nitrogens with one attached hydrogen (secondary N) is 2. The van der Waals surface area contributed by atoms with Crippen LogP contribution in [0.2, 0.25) is 0 Å². The van der Waals surface area contributed by atoms with Crippen molar-refractivity contribution in [3.8, 4) is 0 Å². The fraction of sp³-hybridized carbons (Fsp3) is 0.438. The van der Waals surface area contributed by atoms with Gasteiger partial charge in [0.15, 0.2) is 6.61 Å². The van der Waals surface area contributed by atoms with E-state index in [0.29, 0.717) is 6.42 Å². The van der Waals surface area contributed by atoms with Crippen LogP contribution in [0, 0.1) is 0 Å². The monoisotopic (exact) mass is 386 g/mol. The van der Waals surface area contributed by atoms with Crippen molar-refractivity contribution in [2.75, 3.05) is 13.2 Å². The van der Waals surface area contributed by atoms with Gasteiger partial charge in [0.1, 0.15) is 0 Å². The first-order chi connectivity index (χ1) is 12.2. The molecule has 2 N–H and O–H groups in total. The highest BCUT2D eigenvalue weighted by molar-refractivity contribution is 7.89. The van der Waals surface area contributed by atoms with Gasteiger partial charge in [-0.15, -0.1) is 0 Å². The summed E-state index contributed by atoms with van der Waals surface area (Å²) in [5.74, 6) is -1.67. The lowest BCUT2D eigenvalue weighted by Gasteiger charge is -2.12. The number of sulfonamides is 1. The largest absolute Gasteiger partial charge is 0.452 e. The highest BCUT2D eigenvalue weighted by Gasteiger charge is 2.18. The number of carbonyl (C=O) groups excluding carboxylic acids is 3. The van der Waals surface area contributed by atoms with Crippen molar-refractivity contribution >= 4 is 28.0 Å². The van der Waals surface area contributed by atoms with Crippen LogP contribution in [0.4, 0.5) is 4.79 Å². The van der Waals surface area contributed by atoms with Gasteiger partial charge in [0.2, 0.25) is 10.0 Å². The number of hydrogen-bond acceptors (Lipinski definition) is 7. The first-order valence-electron chi connectivity index (χ1n) is 7.95. The number of ether oxygens (including phenoxy) is 2. The number of benzene rings is 1. The molecule has 0 aliphatic carbocycles. The Balaban J connectivity index is 2.64. The van der Waals surface area contributed by atoms with E-state index in [1.54, 1.807) is 13.8 Å². The summed E-state index contributed by atoms with van der Waals surface area (Å²) in [7, 11) is -3.68. The summed E-state index contributed by atoms with van der Waals surface area (Å²) in [6.07, 6.45) is -0.297. The van der Waals surface area contributed by atoms with Crippen LogP contribution in [0.1, 0.15) is 37.6 Å². The zero-order valence-corrected chi connectivity index (χ0v) is 15.6. The van der Waals surface area contributed by atoms with Crippen molar-refractivity contribution in [2.24, 2.45) is 0 Å². The highest BCUT2D eigenvalue weighted by atomic mass is 32.2. The Kier molecular flexibility index (Phi) is 8.20. The molecular formula is C16H22N2O7S. The van der Waals surface area contributed by atoms with Crippen molar-refractivity contribution in [3.05, 3.63) is 29.8 Å². The summed E-state index contributed by atoms with van der Waals surface area (Å²) in [5.41, 5.74) is 0.0661. The van der Waals surface area contributed by atoms with E-state index in [9.17, 15) is 22.8 Å². The molecule has 0 saturated carbocycles. The fourth-order valence-corrected chi connectivity index (χ4v) is 3.04. The van der Waals surface area contributed by atoms with Crippen molar-refractivity contribution in [1.29, 1.82) is 0 Å². The van der Waals surface area contributed by atoms with E-state index < -0.39 is 34.6 Å². The lowest BCUT2D eigenvalue weighted by molar-refractivity contribution is -0.123. The molecule has 144 valence electrons. The first-order valence-corrected chi connectivity index (χ1v) is 9.44. The zero-order valence-electron chi connectivity index (χ0n) is 14.8. The second-order valence-electron chi connectivity index (χ2n) is 5.30. The molecule has 26 heavy (non-hydrogen) atoms. The molecule has 0 saturated heterocycles. The van der Waals surface area contributed by atoms with Crippen molar-refractivity contribution in [1.82, 2.24) is 10.0 Å². The second kappa shape index (κ2) is 9.88. The predicted molar refractivity (Wildman–Crippen MR) is 92.0 cm³/mol. The molecule has 0 unspecified atom stereocenters. The van der Waals surface area contributed by atoms with Crippen molar-refractivity contribution < 1.29 is 32.3 Å². The van der Waals surface area contributed by atoms with Gasteiger partial charge in [-0.05, 0) is 44.5 Å². The number of rotatable bonds is 8. The molecule has 1 aromatic carbocycles. The molecule has 0 heterocycles. The van der Waals surface area contributed by atoms with E-state index in [-0.39, 0.29) is 23.1 Å². The van der Waals surface area contributed by atoms with Gasteiger partial charge in [-0.2, -0.15) is 0 Å². The summed E-state index contributed by atoms with van der Waals surface area (Å²) < 4.78 is 36.0. The zero-order chi connectivity index (χ0) is 19.7. The third-order valence-corrected chi connectivity index (χ3v) is 4.83. The van der Waals surface area contributed by atoms with Crippen LogP contribution >= 0.6 is 0 Å². The van der Waals surface area contributed by atoms with Gasteiger partial charge < -0.3 is 9.47 Å². The van der Waals surface area contributed by atoms with E-state index in [1.165, 1.54) is 24.3 Å². The van der Waals surface area contributed by atoms with Gasteiger partial charge in [0.25, 0.3) is 5.91 Å².